The summed E-state index contributed by atoms with van der Waals surface area (Å²) >= 11 is 0. The molecular weight excluding hydrogens is 254 g/mol. The second-order valence-electron chi connectivity index (χ2n) is 4.46. The SMILES string of the molecule is COc1ccc2ccnc(NCc3nncn3C)c2c1. The minimum absolute atomic E-state index is 0.569. The lowest BCUT2D eigenvalue weighted by Crippen LogP contribution is -2.07. The van der Waals surface area contributed by atoms with Crippen molar-refractivity contribution in [2.24, 2.45) is 7.05 Å². The number of aryl methyl sites for hydroxylation is 1. The van der Waals surface area contributed by atoms with Gasteiger partial charge in [-0.2, -0.15) is 0 Å². The lowest BCUT2D eigenvalue weighted by Gasteiger charge is -2.09. The number of benzene rings is 1. The van der Waals surface area contributed by atoms with Gasteiger partial charge in [-0.25, -0.2) is 4.98 Å². The van der Waals surface area contributed by atoms with E-state index in [0.29, 0.717) is 6.54 Å². The van der Waals surface area contributed by atoms with E-state index in [1.54, 1.807) is 19.6 Å². The fourth-order valence-electron chi connectivity index (χ4n) is 2.05. The van der Waals surface area contributed by atoms with Crippen molar-refractivity contribution in [1.29, 1.82) is 0 Å². The van der Waals surface area contributed by atoms with Gasteiger partial charge in [0.1, 0.15) is 17.9 Å². The van der Waals surface area contributed by atoms with Crippen molar-refractivity contribution in [2.45, 2.75) is 6.54 Å². The number of rotatable bonds is 4. The lowest BCUT2D eigenvalue weighted by atomic mass is 10.1. The monoisotopic (exact) mass is 269 g/mol. The highest BCUT2D eigenvalue weighted by Crippen LogP contribution is 2.25. The lowest BCUT2D eigenvalue weighted by molar-refractivity contribution is 0.415. The minimum Gasteiger partial charge on any atom is -0.497 e. The van der Waals surface area contributed by atoms with Gasteiger partial charge < -0.3 is 14.6 Å². The number of methoxy groups -OCH3 is 1. The van der Waals surface area contributed by atoms with Gasteiger partial charge in [-0.3, -0.25) is 0 Å². The van der Waals surface area contributed by atoms with Crippen LogP contribution in [0.5, 0.6) is 5.75 Å². The first-order valence-corrected chi connectivity index (χ1v) is 6.27. The average molecular weight is 269 g/mol. The second-order valence-corrected chi connectivity index (χ2v) is 4.46. The van der Waals surface area contributed by atoms with Crippen molar-refractivity contribution >= 4 is 16.6 Å². The number of nitrogens with one attached hydrogen (secondary N) is 1. The standard InChI is InChI=1S/C14H15N5O/c1-19-9-17-18-13(19)8-16-14-12-7-11(20-2)4-3-10(12)5-6-15-14/h3-7,9H,8H2,1-2H3,(H,15,16). The first-order valence-electron chi connectivity index (χ1n) is 6.27. The average Bonchev–Trinajstić information content (AvgIpc) is 2.89. The molecule has 1 aromatic carbocycles. The molecule has 0 saturated heterocycles. The van der Waals surface area contributed by atoms with Crippen LogP contribution >= 0.6 is 0 Å². The van der Waals surface area contributed by atoms with Crippen LogP contribution in [-0.4, -0.2) is 26.9 Å². The predicted octanol–water partition coefficient (Wildman–Crippen LogP) is 1.98. The van der Waals surface area contributed by atoms with Crippen LogP contribution in [0.25, 0.3) is 10.8 Å². The summed E-state index contributed by atoms with van der Waals surface area (Å²) in [6, 6.07) is 7.90. The Morgan fingerprint density at radius 1 is 1.30 bits per heavy atom. The number of pyridine rings is 1. The number of fused-ring (bicyclic) bond motifs is 1. The van der Waals surface area contributed by atoms with Gasteiger partial charge in [0.2, 0.25) is 0 Å². The van der Waals surface area contributed by atoms with Crippen molar-refractivity contribution in [2.75, 3.05) is 12.4 Å². The number of hydrogen-bond acceptors (Lipinski definition) is 5. The van der Waals surface area contributed by atoms with E-state index in [1.807, 2.05) is 35.9 Å². The fourth-order valence-corrected chi connectivity index (χ4v) is 2.05. The molecule has 0 radical (unpaired) electrons. The first kappa shape index (κ1) is 12.4. The summed E-state index contributed by atoms with van der Waals surface area (Å²) in [7, 11) is 3.57. The van der Waals surface area contributed by atoms with Crippen molar-refractivity contribution < 1.29 is 4.74 Å². The Kier molecular flexibility index (Phi) is 3.20. The molecule has 102 valence electrons. The van der Waals surface area contributed by atoms with E-state index in [1.165, 1.54) is 0 Å². The summed E-state index contributed by atoms with van der Waals surface area (Å²) in [6.45, 7) is 0.569. The molecule has 3 aromatic rings. The molecule has 0 bridgehead atoms. The molecule has 0 atom stereocenters. The van der Waals surface area contributed by atoms with Crippen molar-refractivity contribution in [3.63, 3.8) is 0 Å². The first-order chi connectivity index (χ1) is 9.78. The fraction of sp³-hybridized carbons (Fsp3) is 0.214. The second kappa shape index (κ2) is 5.16. The Morgan fingerprint density at radius 2 is 2.20 bits per heavy atom. The van der Waals surface area contributed by atoms with E-state index in [4.69, 9.17) is 4.74 Å². The van der Waals surface area contributed by atoms with Gasteiger partial charge in [-0.05, 0) is 23.6 Å². The molecule has 2 aromatic heterocycles. The number of nitrogens with zero attached hydrogens (tertiary/aromatic N) is 4. The summed E-state index contributed by atoms with van der Waals surface area (Å²) in [5, 5.41) is 13.3. The Bertz CT molecular complexity index is 737. The van der Waals surface area contributed by atoms with Crippen LogP contribution in [0.4, 0.5) is 5.82 Å². The van der Waals surface area contributed by atoms with Crippen molar-refractivity contribution in [3.05, 3.63) is 42.6 Å². The largest absolute Gasteiger partial charge is 0.497 e. The third kappa shape index (κ3) is 2.27. The summed E-state index contributed by atoms with van der Waals surface area (Å²) in [4.78, 5) is 4.39. The zero-order valence-electron chi connectivity index (χ0n) is 11.4. The maximum atomic E-state index is 5.26. The van der Waals surface area contributed by atoms with E-state index >= 15 is 0 Å². The summed E-state index contributed by atoms with van der Waals surface area (Å²) in [5.74, 6) is 2.48. The van der Waals surface area contributed by atoms with Gasteiger partial charge in [-0.1, -0.05) is 6.07 Å². The molecule has 6 heteroatoms. The van der Waals surface area contributed by atoms with Crippen LogP contribution < -0.4 is 10.1 Å². The maximum absolute atomic E-state index is 5.26. The Balaban J connectivity index is 1.92. The molecule has 0 unspecified atom stereocenters. The quantitative estimate of drug-likeness (QED) is 0.784. The molecule has 1 N–H and O–H groups in total. The van der Waals surface area contributed by atoms with Crippen LogP contribution in [-0.2, 0) is 13.6 Å². The summed E-state index contributed by atoms with van der Waals surface area (Å²) in [6.07, 6.45) is 3.46. The maximum Gasteiger partial charge on any atom is 0.151 e. The number of aromatic nitrogens is 4. The van der Waals surface area contributed by atoms with Gasteiger partial charge in [0.05, 0.1) is 13.7 Å². The van der Waals surface area contributed by atoms with Gasteiger partial charge in [0, 0.05) is 18.6 Å². The van der Waals surface area contributed by atoms with Crippen LogP contribution in [0.15, 0.2) is 36.8 Å². The molecule has 0 aliphatic carbocycles. The molecule has 2 heterocycles. The number of ether oxygens (including phenoxy) is 1. The highest BCUT2D eigenvalue weighted by atomic mass is 16.5. The van der Waals surface area contributed by atoms with Crippen LogP contribution in [0.3, 0.4) is 0 Å². The third-order valence-electron chi connectivity index (χ3n) is 3.19. The minimum atomic E-state index is 0.569. The normalized spacial score (nSPS) is 10.7. The highest BCUT2D eigenvalue weighted by molar-refractivity contribution is 5.92. The van der Waals surface area contributed by atoms with Gasteiger partial charge in [-0.15, -0.1) is 10.2 Å². The summed E-state index contributed by atoms with van der Waals surface area (Å²) in [5.41, 5.74) is 0. The number of anilines is 1. The topological polar surface area (TPSA) is 64.9 Å². The van der Waals surface area contributed by atoms with E-state index in [-0.39, 0.29) is 0 Å². The van der Waals surface area contributed by atoms with E-state index in [2.05, 4.69) is 20.5 Å². The molecule has 0 spiro atoms. The third-order valence-corrected chi connectivity index (χ3v) is 3.19. The molecule has 0 aliphatic rings. The molecular formula is C14H15N5O. The van der Waals surface area contributed by atoms with Crippen LogP contribution in [0.1, 0.15) is 5.82 Å². The van der Waals surface area contributed by atoms with Gasteiger partial charge >= 0.3 is 0 Å². The smallest absolute Gasteiger partial charge is 0.151 e. The van der Waals surface area contributed by atoms with Crippen molar-refractivity contribution in [1.82, 2.24) is 19.7 Å². The molecule has 20 heavy (non-hydrogen) atoms. The Labute approximate surface area is 116 Å². The van der Waals surface area contributed by atoms with E-state index < -0.39 is 0 Å². The zero-order chi connectivity index (χ0) is 13.9. The molecule has 6 nitrogen and oxygen atoms in total. The Hall–Kier alpha value is -2.63. The molecule has 0 aliphatic heterocycles. The van der Waals surface area contributed by atoms with Crippen LogP contribution in [0.2, 0.25) is 0 Å². The van der Waals surface area contributed by atoms with Gasteiger partial charge in [0.25, 0.3) is 0 Å². The predicted molar refractivity (Wildman–Crippen MR) is 76.6 cm³/mol. The molecule has 0 saturated carbocycles. The van der Waals surface area contributed by atoms with E-state index in [0.717, 1.165) is 28.2 Å². The molecule has 3 rings (SSSR count). The zero-order valence-corrected chi connectivity index (χ0v) is 11.4. The molecule has 0 fully saturated rings. The Morgan fingerprint density at radius 3 is 2.95 bits per heavy atom. The van der Waals surface area contributed by atoms with E-state index in [9.17, 15) is 0 Å². The number of hydrogen-bond donors (Lipinski definition) is 1. The van der Waals surface area contributed by atoms with Gasteiger partial charge in [0.15, 0.2) is 5.82 Å². The molecule has 0 amide bonds. The van der Waals surface area contributed by atoms with Crippen molar-refractivity contribution in [3.8, 4) is 5.75 Å². The summed E-state index contributed by atoms with van der Waals surface area (Å²) < 4.78 is 7.14. The van der Waals surface area contributed by atoms with Crippen LogP contribution in [0, 0.1) is 0 Å². The highest BCUT2D eigenvalue weighted by Gasteiger charge is 2.06.